The molecule has 0 aliphatic rings. The van der Waals surface area contributed by atoms with E-state index in [-0.39, 0.29) is 17.1 Å². The van der Waals surface area contributed by atoms with Crippen molar-refractivity contribution in [2.45, 2.75) is 53.4 Å². The zero-order valence-corrected chi connectivity index (χ0v) is 16.2. The molecule has 0 bridgehead atoms. The zero-order chi connectivity index (χ0) is 19.5. The van der Waals surface area contributed by atoms with Gasteiger partial charge in [-0.1, -0.05) is 28.9 Å². The normalized spacial score (nSPS) is 12.0. The van der Waals surface area contributed by atoms with Crippen LogP contribution in [-0.4, -0.2) is 22.8 Å². The van der Waals surface area contributed by atoms with E-state index in [1.54, 1.807) is 0 Å². The van der Waals surface area contributed by atoms with Crippen LogP contribution in [0.15, 0.2) is 53.1 Å². The van der Waals surface area contributed by atoms with Crippen molar-refractivity contribution in [3.8, 4) is 11.5 Å². The predicted octanol–water partition coefficient (Wildman–Crippen LogP) is 5.89. The zero-order valence-electron chi connectivity index (χ0n) is 16.2. The van der Waals surface area contributed by atoms with Gasteiger partial charge in [0.15, 0.2) is 11.5 Å². The van der Waals surface area contributed by atoms with Gasteiger partial charge in [0.2, 0.25) is 0 Å². The Morgan fingerprint density at radius 1 is 1.00 bits per heavy atom. The molecule has 4 nitrogen and oxygen atoms in total. The van der Waals surface area contributed by atoms with Crippen LogP contribution in [-0.2, 0) is 0 Å². The highest BCUT2D eigenvalue weighted by molar-refractivity contribution is 5.88. The minimum absolute atomic E-state index is 0.0593. The number of ether oxygens (including phenoxy) is 1. The molecule has 0 amide bonds. The van der Waals surface area contributed by atoms with Gasteiger partial charge in [0, 0.05) is 0 Å². The van der Waals surface area contributed by atoms with Gasteiger partial charge in [-0.3, -0.25) is 0 Å². The maximum absolute atomic E-state index is 11.0. The van der Waals surface area contributed by atoms with Crippen molar-refractivity contribution in [2.75, 3.05) is 6.61 Å². The van der Waals surface area contributed by atoms with Crippen LogP contribution in [0, 0.1) is 0 Å². The minimum Gasteiger partial charge on any atom is -0.504 e. The van der Waals surface area contributed by atoms with E-state index >= 15 is 0 Å². The van der Waals surface area contributed by atoms with Crippen LogP contribution in [0.3, 0.4) is 0 Å². The van der Waals surface area contributed by atoms with E-state index in [1.807, 2.05) is 13.0 Å². The lowest BCUT2D eigenvalue weighted by atomic mass is 10.1. The maximum Gasteiger partial charge on any atom is 0.335 e. The van der Waals surface area contributed by atoms with Crippen LogP contribution in [0.2, 0.25) is 0 Å². The number of allylic oxidation sites excluding steroid dienone is 5. The molecule has 142 valence electrons. The molecule has 0 saturated heterocycles. The van der Waals surface area contributed by atoms with Crippen molar-refractivity contribution in [3.05, 3.63) is 58.7 Å². The van der Waals surface area contributed by atoms with Crippen LogP contribution < -0.4 is 4.74 Å². The molecule has 0 atom stereocenters. The van der Waals surface area contributed by atoms with Crippen molar-refractivity contribution >= 4 is 5.97 Å². The van der Waals surface area contributed by atoms with Gasteiger partial charge >= 0.3 is 5.97 Å². The Morgan fingerprint density at radius 3 is 2.23 bits per heavy atom. The number of hydrogen-bond acceptors (Lipinski definition) is 3. The predicted molar refractivity (Wildman–Crippen MR) is 106 cm³/mol. The topological polar surface area (TPSA) is 66.8 Å². The van der Waals surface area contributed by atoms with Crippen LogP contribution in [0.1, 0.15) is 63.7 Å². The third-order valence-corrected chi connectivity index (χ3v) is 4.00. The first kappa shape index (κ1) is 21.6. The van der Waals surface area contributed by atoms with Crippen LogP contribution in [0.4, 0.5) is 0 Å². The molecule has 4 heteroatoms. The van der Waals surface area contributed by atoms with Crippen molar-refractivity contribution < 1.29 is 19.7 Å². The molecule has 1 aromatic rings. The molecule has 0 radical (unpaired) electrons. The molecule has 2 N–H and O–H groups in total. The Morgan fingerprint density at radius 2 is 1.62 bits per heavy atom. The number of carboxylic acids is 1. The van der Waals surface area contributed by atoms with Gasteiger partial charge in [0.1, 0.15) is 6.61 Å². The number of rotatable bonds is 10. The van der Waals surface area contributed by atoms with Crippen LogP contribution in [0.25, 0.3) is 0 Å². The SMILES string of the molecule is CC(C)=CCCC(C)=CCCC(C)=CCOc1cc(C(=O)O)ccc1O. The van der Waals surface area contributed by atoms with Gasteiger partial charge < -0.3 is 14.9 Å². The van der Waals surface area contributed by atoms with Gasteiger partial charge in [-0.2, -0.15) is 0 Å². The standard InChI is InChI=1S/C22H30O4/c1-16(2)7-5-8-17(3)9-6-10-18(4)13-14-26-21-15-19(22(24)25)11-12-20(21)23/h7,9,11-13,15,23H,5-6,8,10,14H2,1-4H3,(H,24,25). The number of carbonyl (C=O) groups is 1. The molecule has 1 rings (SSSR count). The molecule has 0 heterocycles. The maximum atomic E-state index is 11.0. The first-order chi connectivity index (χ1) is 12.3. The van der Waals surface area contributed by atoms with Crippen molar-refractivity contribution in [1.82, 2.24) is 0 Å². The van der Waals surface area contributed by atoms with E-state index in [1.165, 1.54) is 34.9 Å². The molecule has 0 aliphatic heterocycles. The highest BCUT2D eigenvalue weighted by atomic mass is 16.5. The summed E-state index contributed by atoms with van der Waals surface area (Å²) in [4.78, 5) is 11.0. The van der Waals surface area contributed by atoms with Gasteiger partial charge in [0.05, 0.1) is 5.56 Å². The van der Waals surface area contributed by atoms with E-state index in [0.717, 1.165) is 25.7 Å². The summed E-state index contributed by atoms with van der Waals surface area (Å²) in [6.07, 6.45) is 10.6. The lowest BCUT2D eigenvalue weighted by molar-refractivity contribution is 0.0696. The quantitative estimate of drug-likeness (QED) is 0.512. The minimum atomic E-state index is -1.05. The largest absolute Gasteiger partial charge is 0.504 e. The fourth-order valence-corrected chi connectivity index (χ4v) is 2.38. The van der Waals surface area contributed by atoms with Crippen LogP contribution >= 0.6 is 0 Å². The number of benzene rings is 1. The molecule has 0 spiro atoms. The average Bonchev–Trinajstić information content (AvgIpc) is 2.56. The highest BCUT2D eigenvalue weighted by Gasteiger charge is 2.08. The summed E-state index contributed by atoms with van der Waals surface area (Å²) in [7, 11) is 0. The molecule has 26 heavy (non-hydrogen) atoms. The second kappa shape index (κ2) is 11.2. The van der Waals surface area contributed by atoms with Gasteiger partial charge in [-0.05, 0) is 77.7 Å². The number of aromatic carboxylic acids is 1. The third-order valence-electron chi connectivity index (χ3n) is 4.00. The number of phenols is 1. The Kier molecular flexibility index (Phi) is 9.27. The lowest BCUT2D eigenvalue weighted by Gasteiger charge is -2.07. The summed E-state index contributed by atoms with van der Waals surface area (Å²) in [6, 6.07) is 4.01. The van der Waals surface area contributed by atoms with E-state index in [9.17, 15) is 9.90 Å². The second-order valence-corrected chi connectivity index (χ2v) is 6.76. The summed E-state index contributed by atoms with van der Waals surface area (Å²) in [5, 5.41) is 18.7. The molecule has 0 saturated carbocycles. The summed E-state index contributed by atoms with van der Waals surface area (Å²) in [5.74, 6) is -0.923. The van der Waals surface area contributed by atoms with E-state index < -0.39 is 5.97 Å². The first-order valence-electron chi connectivity index (χ1n) is 8.93. The van der Waals surface area contributed by atoms with Crippen molar-refractivity contribution in [3.63, 3.8) is 0 Å². The second-order valence-electron chi connectivity index (χ2n) is 6.76. The molecular formula is C22H30O4. The molecule has 0 aliphatic carbocycles. The average molecular weight is 358 g/mol. The summed E-state index contributed by atoms with van der Waals surface area (Å²) < 4.78 is 5.49. The van der Waals surface area contributed by atoms with E-state index in [2.05, 4.69) is 32.9 Å². The fourth-order valence-electron chi connectivity index (χ4n) is 2.38. The summed E-state index contributed by atoms with van der Waals surface area (Å²) in [5.41, 5.74) is 4.05. The third kappa shape index (κ3) is 8.56. The Labute approximate surface area is 156 Å². The smallest absolute Gasteiger partial charge is 0.335 e. The van der Waals surface area contributed by atoms with E-state index in [4.69, 9.17) is 9.84 Å². The molecule has 0 aromatic heterocycles. The van der Waals surface area contributed by atoms with Gasteiger partial charge in [0.25, 0.3) is 0 Å². The molecule has 1 aromatic carbocycles. The van der Waals surface area contributed by atoms with Crippen molar-refractivity contribution in [2.24, 2.45) is 0 Å². The highest BCUT2D eigenvalue weighted by Crippen LogP contribution is 2.27. The Hall–Kier alpha value is -2.49. The first-order valence-corrected chi connectivity index (χ1v) is 8.93. The van der Waals surface area contributed by atoms with Crippen molar-refractivity contribution in [1.29, 1.82) is 0 Å². The van der Waals surface area contributed by atoms with E-state index in [0.29, 0.717) is 6.61 Å². The molecule has 0 fully saturated rings. The lowest BCUT2D eigenvalue weighted by Crippen LogP contribution is -1.99. The van der Waals surface area contributed by atoms with Crippen LogP contribution in [0.5, 0.6) is 11.5 Å². The Balaban J connectivity index is 2.44. The fraction of sp³-hybridized carbons (Fsp3) is 0.409. The number of aromatic hydroxyl groups is 1. The number of hydrogen-bond donors (Lipinski definition) is 2. The monoisotopic (exact) mass is 358 g/mol. The number of carboxylic acid groups (broad SMARTS) is 1. The van der Waals surface area contributed by atoms with Gasteiger partial charge in [-0.25, -0.2) is 4.79 Å². The molecular weight excluding hydrogens is 328 g/mol. The Bertz CT molecular complexity index is 692. The number of phenolic OH excluding ortho intramolecular Hbond substituents is 1. The summed E-state index contributed by atoms with van der Waals surface area (Å²) >= 11 is 0. The summed E-state index contributed by atoms with van der Waals surface area (Å²) in [6.45, 7) is 8.74. The van der Waals surface area contributed by atoms with Gasteiger partial charge in [-0.15, -0.1) is 0 Å². The molecule has 0 unspecified atom stereocenters.